The second kappa shape index (κ2) is 7.34. The first kappa shape index (κ1) is 15.8. The summed E-state index contributed by atoms with van der Waals surface area (Å²) in [5.41, 5.74) is 0. The average Bonchev–Trinajstić information content (AvgIpc) is 2.34. The summed E-state index contributed by atoms with van der Waals surface area (Å²) in [7, 11) is 0. The van der Waals surface area contributed by atoms with Crippen molar-refractivity contribution in [2.45, 2.75) is 39.5 Å². The van der Waals surface area contributed by atoms with E-state index in [2.05, 4.69) is 24.1 Å². The number of carbonyl (C=O) groups is 1. The zero-order valence-corrected chi connectivity index (χ0v) is 12.5. The Bertz CT molecular complexity index is 267. The number of rotatable bonds is 2. The number of piperidine rings is 2. The molecule has 2 aliphatic heterocycles. The minimum Gasteiger partial charge on any atom is -0.342 e. The summed E-state index contributed by atoms with van der Waals surface area (Å²) in [5, 5.41) is 3.36. The van der Waals surface area contributed by atoms with Crippen LogP contribution in [0.15, 0.2) is 0 Å². The van der Waals surface area contributed by atoms with Gasteiger partial charge in [-0.1, -0.05) is 13.8 Å². The topological polar surface area (TPSA) is 32.3 Å². The van der Waals surface area contributed by atoms with E-state index in [4.69, 9.17) is 0 Å². The highest BCUT2D eigenvalue weighted by molar-refractivity contribution is 5.85. The van der Waals surface area contributed by atoms with Gasteiger partial charge < -0.3 is 10.2 Å². The van der Waals surface area contributed by atoms with Crippen LogP contribution in [0.1, 0.15) is 39.5 Å². The summed E-state index contributed by atoms with van der Waals surface area (Å²) in [4.78, 5) is 14.3. The molecular formula is C14H27ClN2O. The number of carbonyl (C=O) groups excluding carboxylic acids is 1. The van der Waals surface area contributed by atoms with E-state index < -0.39 is 0 Å². The molecule has 3 nitrogen and oxygen atoms in total. The Labute approximate surface area is 117 Å². The first-order valence-corrected chi connectivity index (χ1v) is 7.15. The highest BCUT2D eigenvalue weighted by atomic mass is 35.5. The lowest BCUT2D eigenvalue weighted by Gasteiger charge is -2.36. The van der Waals surface area contributed by atoms with E-state index in [1.54, 1.807) is 0 Å². The Kier molecular flexibility index (Phi) is 6.44. The molecule has 2 saturated heterocycles. The van der Waals surface area contributed by atoms with Crippen LogP contribution in [0, 0.1) is 17.8 Å². The number of likely N-dealkylation sites (tertiary alicyclic amines) is 1. The van der Waals surface area contributed by atoms with Gasteiger partial charge in [0.1, 0.15) is 0 Å². The maximum Gasteiger partial charge on any atom is 0.222 e. The predicted molar refractivity (Wildman–Crippen MR) is 77.0 cm³/mol. The third-order valence-electron chi connectivity index (χ3n) is 4.61. The smallest absolute Gasteiger partial charge is 0.222 e. The van der Waals surface area contributed by atoms with Crippen molar-refractivity contribution in [1.82, 2.24) is 10.2 Å². The van der Waals surface area contributed by atoms with E-state index in [-0.39, 0.29) is 12.4 Å². The third kappa shape index (κ3) is 4.13. The standard InChI is InChI=1S/C14H26N2O.ClH/c1-11-5-8-16(10-12(11)2)14(17)9-13-3-6-15-7-4-13;/h11-13,15H,3-10H2,1-2H3;1H. The fraction of sp³-hybridized carbons (Fsp3) is 0.929. The third-order valence-corrected chi connectivity index (χ3v) is 4.61. The molecule has 2 heterocycles. The molecule has 0 spiro atoms. The maximum absolute atomic E-state index is 12.2. The highest BCUT2D eigenvalue weighted by Gasteiger charge is 2.27. The number of nitrogens with zero attached hydrogens (tertiary/aromatic N) is 1. The fourth-order valence-electron chi connectivity index (χ4n) is 2.95. The number of halogens is 1. The van der Waals surface area contributed by atoms with E-state index in [1.807, 2.05) is 0 Å². The van der Waals surface area contributed by atoms with Gasteiger partial charge in [-0.2, -0.15) is 0 Å². The molecule has 2 atom stereocenters. The van der Waals surface area contributed by atoms with Crippen molar-refractivity contribution in [2.24, 2.45) is 17.8 Å². The lowest BCUT2D eigenvalue weighted by molar-refractivity contribution is -0.134. The molecular weight excluding hydrogens is 248 g/mol. The van der Waals surface area contributed by atoms with Crippen LogP contribution in [0.5, 0.6) is 0 Å². The molecule has 0 aromatic carbocycles. The molecule has 2 aliphatic rings. The predicted octanol–water partition coefficient (Wildman–Crippen LogP) is 2.30. The van der Waals surface area contributed by atoms with Gasteiger partial charge in [0.05, 0.1) is 0 Å². The Morgan fingerprint density at radius 1 is 1.17 bits per heavy atom. The lowest BCUT2D eigenvalue weighted by Crippen LogP contribution is -2.43. The molecule has 2 rings (SSSR count). The number of hydrogen-bond acceptors (Lipinski definition) is 2. The van der Waals surface area contributed by atoms with Gasteiger partial charge in [0.25, 0.3) is 0 Å². The van der Waals surface area contributed by atoms with Crippen molar-refractivity contribution in [3.63, 3.8) is 0 Å². The lowest BCUT2D eigenvalue weighted by atomic mass is 9.87. The molecule has 1 amide bonds. The number of nitrogens with one attached hydrogen (secondary N) is 1. The minimum atomic E-state index is 0. The van der Waals surface area contributed by atoms with Gasteiger partial charge in [0, 0.05) is 19.5 Å². The van der Waals surface area contributed by atoms with Crippen LogP contribution < -0.4 is 5.32 Å². The monoisotopic (exact) mass is 274 g/mol. The Balaban J connectivity index is 0.00000162. The Hall–Kier alpha value is -0.280. The van der Waals surface area contributed by atoms with Gasteiger partial charge in [0.15, 0.2) is 0 Å². The maximum atomic E-state index is 12.2. The first-order chi connectivity index (χ1) is 8.16. The van der Waals surface area contributed by atoms with Crippen molar-refractivity contribution in [1.29, 1.82) is 0 Å². The van der Waals surface area contributed by atoms with Crippen LogP contribution in [-0.4, -0.2) is 37.0 Å². The van der Waals surface area contributed by atoms with E-state index in [9.17, 15) is 4.79 Å². The summed E-state index contributed by atoms with van der Waals surface area (Å²) in [6, 6.07) is 0. The van der Waals surface area contributed by atoms with Crippen LogP contribution in [-0.2, 0) is 4.79 Å². The Morgan fingerprint density at radius 3 is 2.44 bits per heavy atom. The van der Waals surface area contributed by atoms with Crippen LogP contribution in [0.3, 0.4) is 0 Å². The molecule has 106 valence electrons. The van der Waals surface area contributed by atoms with Crippen LogP contribution >= 0.6 is 12.4 Å². The quantitative estimate of drug-likeness (QED) is 0.838. The molecule has 4 heteroatoms. The van der Waals surface area contributed by atoms with E-state index >= 15 is 0 Å². The Morgan fingerprint density at radius 2 is 1.83 bits per heavy atom. The summed E-state index contributed by atoms with van der Waals surface area (Å²) < 4.78 is 0. The molecule has 0 aromatic heterocycles. The van der Waals surface area contributed by atoms with Crippen LogP contribution in [0.4, 0.5) is 0 Å². The molecule has 18 heavy (non-hydrogen) atoms. The molecule has 1 N–H and O–H groups in total. The average molecular weight is 275 g/mol. The van der Waals surface area contributed by atoms with Crippen molar-refractivity contribution in [3.05, 3.63) is 0 Å². The normalized spacial score (nSPS) is 29.8. The fourth-order valence-corrected chi connectivity index (χ4v) is 2.95. The van der Waals surface area contributed by atoms with Gasteiger partial charge in [-0.15, -0.1) is 12.4 Å². The van der Waals surface area contributed by atoms with E-state index in [0.29, 0.717) is 17.7 Å². The second-order valence-electron chi connectivity index (χ2n) is 5.98. The SMILES string of the molecule is CC1CCN(C(=O)CC2CCNCC2)CC1C.Cl. The minimum absolute atomic E-state index is 0. The zero-order valence-electron chi connectivity index (χ0n) is 11.7. The van der Waals surface area contributed by atoms with E-state index in [1.165, 1.54) is 19.3 Å². The van der Waals surface area contributed by atoms with Gasteiger partial charge in [-0.05, 0) is 50.1 Å². The molecule has 0 radical (unpaired) electrons. The van der Waals surface area contributed by atoms with Crippen LogP contribution in [0.25, 0.3) is 0 Å². The zero-order chi connectivity index (χ0) is 12.3. The van der Waals surface area contributed by atoms with Crippen molar-refractivity contribution >= 4 is 18.3 Å². The summed E-state index contributed by atoms with van der Waals surface area (Å²) >= 11 is 0. The number of amides is 1. The van der Waals surface area contributed by atoms with E-state index in [0.717, 1.165) is 38.5 Å². The highest BCUT2D eigenvalue weighted by Crippen LogP contribution is 2.24. The first-order valence-electron chi connectivity index (χ1n) is 7.15. The second-order valence-corrected chi connectivity index (χ2v) is 5.98. The molecule has 2 fully saturated rings. The van der Waals surface area contributed by atoms with Gasteiger partial charge in [-0.25, -0.2) is 0 Å². The molecule has 2 unspecified atom stereocenters. The summed E-state index contributed by atoms with van der Waals surface area (Å²) in [6.45, 7) is 8.71. The van der Waals surface area contributed by atoms with Crippen molar-refractivity contribution in [3.8, 4) is 0 Å². The van der Waals surface area contributed by atoms with Gasteiger partial charge >= 0.3 is 0 Å². The molecule has 0 aliphatic carbocycles. The number of hydrogen-bond donors (Lipinski definition) is 1. The summed E-state index contributed by atoms with van der Waals surface area (Å²) in [5.74, 6) is 2.47. The largest absolute Gasteiger partial charge is 0.342 e. The molecule has 0 bridgehead atoms. The van der Waals surface area contributed by atoms with Crippen molar-refractivity contribution in [2.75, 3.05) is 26.2 Å². The molecule has 0 aromatic rings. The summed E-state index contributed by atoms with van der Waals surface area (Å²) in [6.07, 6.45) is 4.30. The van der Waals surface area contributed by atoms with Crippen molar-refractivity contribution < 1.29 is 4.79 Å². The molecule has 0 saturated carbocycles. The van der Waals surface area contributed by atoms with Crippen LogP contribution in [0.2, 0.25) is 0 Å². The van der Waals surface area contributed by atoms with Gasteiger partial charge in [-0.3, -0.25) is 4.79 Å². The van der Waals surface area contributed by atoms with Gasteiger partial charge in [0.2, 0.25) is 5.91 Å².